The molecule has 0 fully saturated rings. The third-order valence-electron chi connectivity index (χ3n) is 3.02. The monoisotopic (exact) mass is 292 g/mol. The second-order valence-electron chi connectivity index (χ2n) is 5.03. The smallest absolute Gasteiger partial charge is 0.272 e. The number of rotatable bonds is 5. The van der Waals surface area contributed by atoms with Gasteiger partial charge in [-0.15, -0.1) is 0 Å². The molecule has 0 aliphatic heterocycles. The standard InChI is InChI=1S/C13H16N4O4/c1-8-6-9(4-5-10(8)17(18)19)11-15-12(16-21-11)13(2,14)7-20-3/h4-6H,7,14H2,1-3H3. The molecule has 0 aliphatic rings. The van der Waals surface area contributed by atoms with Gasteiger partial charge in [-0.1, -0.05) is 5.16 Å². The van der Waals surface area contributed by atoms with Gasteiger partial charge in [0.15, 0.2) is 5.82 Å². The topological polar surface area (TPSA) is 117 Å². The van der Waals surface area contributed by atoms with E-state index in [1.807, 2.05) is 0 Å². The normalized spacial score (nSPS) is 13.9. The Morgan fingerprint density at radius 3 is 2.81 bits per heavy atom. The van der Waals surface area contributed by atoms with Crippen LogP contribution >= 0.6 is 0 Å². The van der Waals surface area contributed by atoms with Gasteiger partial charge in [0.2, 0.25) is 0 Å². The summed E-state index contributed by atoms with van der Waals surface area (Å²) < 4.78 is 10.2. The molecular weight excluding hydrogens is 276 g/mol. The zero-order valence-corrected chi connectivity index (χ0v) is 12.0. The lowest BCUT2D eigenvalue weighted by atomic mass is 10.1. The van der Waals surface area contributed by atoms with Gasteiger partial charge in [-0.3, -0.25) is 10.1 Å². The van der Waals surface area contributed by atoms with Gasteiger partial charge < -0.3 is 15.0 Å². The molecular formula is C13H16N4O4. The predicted octanol–water partition coefficient (Wildman–Crippen LogP) is 1.77. The first kappa shape index (κ1) is 15.1. The lowest BCUT2D eigenvalue weighted by Gasteiger charge is -2.18. The van der Waals surface area contributed by atoms with Gasteiger partial charge in [0.25, 0.3) is 11.6 Å². The van der Waals surface area contributed by atoms with Crippen LogP contribution in [0.2, 0.25) is 0 Å². The van der Waals surface area contributed by atoms with Gasteiger partial charge in [0.1, 0.15) is 5.54 Å². The first-order chi connectivity index (χ1) is 9.85. The lowest BCUT2D eigenvalue weighted by Crippen LogP contribution is -2.38. The van der Waals surface area contributed by atoms with E-state index in [9.17, 15) is 10.1 Å². The van der Waals surface area contributed by atoms with E-state index in [-0.39, 0.29) is 18.2 Å². The Hall–Kier alpha value is -2.32. The first-order valence-electron chi connectivity index (χ1n) is 6.22. The van der Waals surface area contributed by atoms with Crippen LogP contribution < -0.4 is 5.73 Å². The highest BCUT2D eigenvalue weighted by atomic mass is 16.6. The van der Waals surface area contributed by atoms with Gasteiger partial charge in [0, 0.05) is 24.3 Å². The van der Waals surface area contributed by atoms with Crippen molar-refractivity contribution in [3.63, 3.8) is 0 Å². The van der Waals surface area contributed by atoms with Crippen LogP contribution in [0.3, 0.4) is 0 Å². The summed E-state index contributed by atoms with van der Waals surface area (Å²) in [6, 6.07) is 4.59. The van der Waals surface area contributed by atoms with Crippen LogP contribution in [0.5, 0.6) is 0 Å². The predicted molar refractivity (Wildman–Crippen MR) is 74.5 cm³/mol. The average molecular weight is 292 g/mol. The maximum atomic E-state index is 10.8. The van der Waals surface area contributed by atoms with Gasteiger partial charge in [-0.2, -0.15) is 4.98 Å². The van der Waals surface area contributed by atoms with Crippen molar-refractivity contribution in [2.45, 2.75) is 19.4 Å². The van der Waals surface area contributed by atoms with Crippen molar-refractivity contribution in [2.75, 3.05) is 13.7 Å². The molecule has 1 atom stereocenters. The van der Waals surface area contributed by atoms with Gasteiger partial charge in [-0.05, 0) is 26.0 Å². The highest BCUT2D eigenvalue weighted by molar-refractivity contribution is 5.58. The summed E-state index contributed by atoms with van der Waals surface area (Å²) in [6.45, 7) is 3.62. The Labute approximate surface area is 121 Å². The number of methoxy groups -OCH3 is 1. The van der Waals surface area contributed by atoms with E-state index >= 15 is 0 Å². The Bertz CT molecular complexity index is 666. The Balaban J connectivity index is 2.34. The van der Waals surface area contributed by atoms with E-state index in [1.54, 1.807) is 26.0 Å². The van der Waals surface area contributed by atoms with Crippen molar-refractivity contribution in [1.82, 2.24) is 10.1 Å². The molecule has 1 aromatic heterocycles. The number of hydrogen-bond acceptors (Lipinski definition) is 7. The Morgan fingerprint density at radius 2 is 2.24 bits per heavy atom. The van der Waals surface area contributed by atoms with Crippen LogP contribution in [0.4, 0.5) is 5.69 Å². The third-order valence-corrected chi connectivity index (χ3v) is 3.02. The third kappa shape index (κ3) is 3.06. The SMILES string of the molecule is COCC(C)(N)c1noc(-c2ccc([N+](=O)[O-])c(C)c2)n1. The number of nitro groups is 1. The molecule has 1 heterocycles. The summed E-state index contributed by atoms with van der Waals surface area (Å²) in [6.07, 6.45) is 0. The summed E-state index contributed by atoms with van der Waals surface area (Å²) in [4.78, 5) is 14.6. The molecule has 8 nitrogen and oxygen atoms in total. The summed E-state index contributed by atoms with van der Waals surface area (Å²) in [5.74, 6) is 0.575. The Morgan fingerprint density at radius 1 is 1.52 bits per heavy atom. The van der Waals surface area contributed by atoms with Crippen LogP contribution in [0.1, 0.15) is 18.3 Å². The van der Waals surface area contributed by atoms with Crippen molar-refractivity contribution in [3.05, 3.63) is 39.7 Å². The number of nitrogens with zero attached hydrogens (tertiary/aromatic N) is 3. The van der Waals surface area contributed by atoms with Crippen LogP contribution in [-0.4, -0.2) is 28.8 Å². The minimum Gasteiger partial charge on any atom is -0.382 e. The molecule has 0 saturated carbocycles. The number of aromatic nitrogens is 2. The molecule has 1 aromatic carbocycles. The average Bonchev–Trinajstić information content (AvgIpc) is 2.88. The van der Waals surface area contributed by atoms with Gasteiger partial charge >= 0.3 is 0 Å². The quantitative estimate of drug-likeness (QED) is 0.659. The van der Waals surface area contributed by atoms with Crippen LogP contribution in [0.25, 0.3) is 11.5 Å². The fraction of sp³-hybridized carbons (Fsp3) is 0.385. The lowest BCUT2D eigenvalue weighted by molar-refractivity contribution is -0.385. The number of nitro benzene ring substituents is 1. The minimum absolute atomic E-state index is 0.0431. The van der Waals surface area contributed by atoms with Crippen LogP contribution in [0.15, 0.2) is 22.7 Å². The molecule has 1 unspecified atom stereocenters. The molecule has 0 aliphatic carbocycles. The summed E-state index contributed by atoms with van der Waals surface area (Å²) in [7, 11) is 1.53. The molecule has 2 rings (SSSR count). The maximum Gasteiger partial charge on any atom is 0.272 e. The van der Waals surface area contributed by atoms with E-state index in [2.05, 4.69) is 10.1 Å². The van der Waals surface area contributed by atoms with Crippen molar-refractivity contribution in [2.24, 2.45) is 5.73 Å². The minimum atomic E-state index is -0.869. The van der Waals surface area contributed by atoms with E-state index in [0.717, 1.165) is 0 Å². The fourth-order valence-corrected chi connectivity index (χ4v) is 1.93. The molecule has 2 aromatic rings. The van der Waals surface area contributed by atoms with Crippen molar-refractivity contribution in [1.29, 1.82) is 0 Å². The second-order valence-corrected chi connectivity index (χ2v) is 5.03. The number of aryl methyl sites for hydroxylation is 1. The van der Waals surface area contributed by atoms with Gasteiger partial charge in [0.05, 0.1) is 11.5 Å². The maximum absolute atomic E-state index is 10.8. The zero-order valence-electron chi connectivity index (χ0n) is 12.0. The van der Waals surface area contributed by atoms with E-state index in [1.165, 1.54) is 13.2 Å². The number of hydrogen-bond donors (Lipinski definition) is 1. The van der Waals surface area contributed by atoms with Crippen molar-refractivity contribution >= 4 is 5.69 Å². The Kier molecular flexibility index (Phi) is 4.01. The van der Waals surface area contributed by atoms with E-state index in [0.29, 0.717) is 17.0 Å². The largest absolute Gasteiger partial charge is 0.382 e. The molecule has 21 heavy (non-hydrogen) atoms. The summed E-state index contributed by atoms with van der Waals surface area (Å²) in [5, 5.41) is 14.6. The molecule has 0 spiro atoms. The molecule has 0 bridgehead atoms. The highest BCUT2D eigenvalue weighted by Gasteiger charge is 2.28. The molecule has 0 saturated heterocycles. The van der Waals surface area contributed by atoms with Crippen LogP contribution in [-0.2, 0) is 10.3 Å². The van der Waals surface area contributed by atoms with Crippen molar-refractivity contribution in [3.8, 4) is 11.5 Å². The first-order valence-corrected chi connectivity index (χ1v) is 6.22. The van der Waals surface area contributed by atoms with E-state index in [4.69, 9.17) is 15.0 Å². The van der Waals surface area contributed by atoms with Crippen molar-refractivity contribution < 1.29 is 14.2 Å². The zero-order chi connectivity index (χ0) is 15.6. The molecule has 0 radical (unpaired) electrons. The second kappa shape index (κ2) is 5.58. The summed E-state index contributed by atoms with van der Waals surface area (Å²) >= 11 is 0. The van der Waals surface area contributed by atoms with E-state index < -0.39 is 10.5 Å². The number of benzene rings is 1. The molecule has 112 valence electrons. The van der Waals surface area contributed by atoms with Gasteiger partial charge in [-0.25, -0.2) is 0 Å². The highest BCUT2D eigenvalue weighted by Crippen LogP contribution is 2.26. The number of ether oxygens (including phenoxy) is 1. The molecule has 0 amide bonds. The molecule has 8 heteroatoms. The van der Waals surface area contributed by atoms with Crippen LogP contribution in [0, 0.1) is 17.0 Å². The fourth-order valence-electron chi connectivity index (χ4n) is 1.93. The summed E-state index contributed by atoms with van der Waals surface area (Å²) in [5.41, 5.74) is 6.33. The molecule has 2 N–H and O–H groups in total. The number of nitrogens with two attached hydrogens (primary N) is 1.